The van der Waals surface area contributed by atoms with E-state index in [1.165, 1.54) is 6.20 Å². The van der Waals surface area contributed by atoms with Crippen molar-refractivity contribution in [3.8, 4) is 0 Å². The van der Waals surface area contributed by atoms with E-state index < -0.39 is 20.8 Å². The molecule has 1 heterocycles. The Balaban J connectivity index is 2.24. The molecule has 5 nitrogen and oxygen atoms in total. The van der Waals surface area contributed by atoms with Gasteiger partial charge in [0.25, 0.3) is 15.0 Å². The number of pyridine rings is 1. The standard InChI is InChI=1S/C13H10ClFN2O3S/c1-8-2-3-9(7-16-8)13(18)17-12-5-4-10(6-11(12)15)21(14,19)20/h2-7H,1H3,(H,17,18). The monoisotopic (exact) mass is 328 g/mol. The largest absolute Gasteiger partial charge is 0.319 e. The summed E-state index contributed by atoms with van der Waals surface area (Å²) in [6.45, 7) is 1.77. The number of aromatic nitrogens is 1. The molecule has 1 aromatic heterocycles. The van der Waals surface area contributed by atoms with Gasteiger partial charge in [0.1, 0.15) is 5.82 Å². The van der Waals surface area contributed by atoms with Crippen LogP contribution in [0.5, 0.6) is 0 Å². The third kappa shape index (κ3) is 3.77. The second-order valence-electron chi connectivity index (χ2n) is 4.22. The van der Waals surface area contributed by atoms with Crippen LogP contribution >= 0.6 is 10.7 Å². The van der Waals surface area contributed by atoms with Crippen molar-refractivity contribution in [3.05, 3.63) is 53.6 Å². The van der Waals surface area contributed by atoms with E-state index in [0.717, 1.165) is 23.9 Å². The Bertz CT molecular complexity index is 792. The Morgan fingerprint density at radius 1 is 1.29 bits per heavy atom. The highest BCUT2D eigenvalue weighted by Crippen LogP contribution is 2.22. The predicted molar refractivity (Wildman–Crippen MR) is 76.4 cm³/mol. The summed E-state index contributed by atoms with van der Waals surface area (Å²) in [6.07, 6.45) is 1.36. The van der Waals surface area contributed by atoms with Crippen LogP contribution in [-0.2, 0) is 9.05 Å². The number of rotatable bonds is 3. The van der Waals surface area contributed by atoms with E-state index in [2.05, 4.69) is 10.3 Å². The van der Waals surface area contributed by atoms with Crippen LogP contribution in [-0.4, -0.2) is 19.3 Å². The number of nitrogens with zero attached hydrogens (tertiary/aromatic N) is 1. The van der Waals surface area contributed by atoms with Crippen LogP contribution in [0.25, 0.3) is 0 Å². The predicted octanol–water partition coefficient (Wildman–Crippen LogP) is 2.71. The maximum absolute atomic E-state index is 13.8. The van der Waals surface area contributed by atoms with Crippen molar-refractivity contribution in [3.63, 3.8) is 0 Å². The fourth-order valence-corrected chi connectivity index (χ4v) is 2.31. The molecule has 21 heavy (non-hydrogen) atoms. The SMILES string of the molecule is Cc1ccc(C(=O)Nc2ccc(S(=O)(=O)Cl)cc2F)cn1. The summed E-state index contributed by atoms with van der Waals surface area (Å²) in [5.41, 5.74) is 0.855. The number of hydrogen-bond donors (Lipinski definition) is 1. The number of aryl methyl sites for hydroxylation is 1. The van der Waals surface area contributed by atoms with E-state index >= 15 is 0 Å². The van der Waals surface area contributed by atoms with Gasteiger partial charge in [-0.2, -0.15) is 0 Å². The highest BCUT2D eigenvalue weighted by atomic mass is 35.7. The minimum atomic E-state index is -4.02. The minimum Gasteiger partial charge on any atom is -0.319 e. The van der Waals surface area contributed by atoms with Gasteiger partial charge >= 0.3 is 0 Å². The number of anilines is 1. The number of halogens is 2. The van der Waals surface area contributed by atoms with E-state index in [-0.39, 0.29) is 16.1 Å². The van der Waals surface area contributed by atoms with Gasteiger partial charge in [-0.15, -0.1) is 0 Å². The molecule has 0 radical (unpaired) electrons. The van der Waals surface area contributed by atoms with Crippen molar-refractivity contribution in [1.82, 2.24) is 4.98 Å². The molecular weight excluding hydrogens is 319 g/mol. The number of nitrogens with one attached hydrogen (secondary N) is 1. The molecule has 0 unspecified atom stereocenters. The number of benzene rings is 1. The molecule has 0 aliphatic heterocycles. The molecule has 0 atom stereocenters. The summed E-state index contributed by atoms with van der Waals surface area (Å²) in [4.78, 5) is 15.5. The summed E-state index contributed by atoms with van der Waals surface area (Å²) in [5.74, 6) is -1.45. The molecule has 1 amide bonds. The molecule has 110 valence electrons. The lowest BCUT2D eigenvalue weighted by atomic mass is 10.2. The summed E-state index contributed by atoms with van der Waals surface area (Å²) in [6, 6.07) is 6.17. The summed E-state index contributed by atoms with van der Waals surface area (Å²) >= 11 is 0. The molecule has 0 aliphatic rings. The molecule has 2 rings (SSSR count). The van der Waals surface area contributed by atoms with Gasteiger partial charge in [-0.1, -0.05) is 0 Å². The van der Waals surface area contributed by atoms with Crippen LogP contribution in [0.3, 0.4) is 0 Å². The second kappa shape index (κ2) is 5.79. The van der Waals surface area contributed by atoms with E-state index in [9.17, 15) is 17.6 Å². The Labute approximate surface area is 125 Å². The van der Waals surface area contributed by atoms with E-state index in [1.807, 2.05) is 0 Å². The van der Waals surface area contributed by atoms with Crippen molar-refractivity contribution in [1.29, 1.82) is 0 Å². The lowest BCUT2D eigenvalue weighted by molar-refractivity contribution is 0.102. The zero-order valence-corrected chi connectivity index (χ0v) is 12.4. The normalized spacial score (nSPS) is 11.2. The van der Waals surface area contributed by atoms with Crippen LogP contribution in [0.15, 0.2) is 41.4 Å². The Hall–Kier alpha value is -1.99. The summed E-state index contributed by atoms with van der Waals surface area (Å²) in [5, 5.41) is 2.33. The Kier molecular flexibility index (Phi) is 4.24. The highest BCUT2D eigenvalue weighted by Gasteiger charge is 2.15. The molecule has 2 aromatic rings. The third-order valence-electron chi connectivity index (χ3n) is 2.64. The van der Waals surface area contributed by atoms with E-state index in [0.29, 0.717) is 0 Å². The van der Waals surface area contributed by atoms with Crippen molar-refractivity contribution in [2.45, 2.75) is 11.8 Å². The number of carbonyl (C=O) groups excluding carboxylic acids is 1. The van der Waals surface area contributed by atoms with Crippen molar-refractivity contribution < 1.29 is 17.6 Å². The van der Waals surface area contributed by atoms with Gasteiger partial charge in [-0.25, -0.2) is 12.8 Å². The number of hydrogen-bond acceptors (Lipinski definition) is 4. The van der Waals surface area contributed by atoms with Crippen molar-refractivity contribution in [2.75, 3.05) is 5.32 Å². The van der Waals surface area contributed by atoms with Gasteiger partial charge in [0.2, 0.25) is 0 Å². The van der Waals surface area contributed by atoms with Gasteiger partial charge in [-0.05, 0) is 37.3 Å². The lowest BCUT2D eigenvalue weighted by Crippen LogP contribution is -2.13. The third-order valence-corrected chi connectivity index (χ3v) is 4.00. The first kappa shape index (κ1) is 15.4. The van der Waals surface area contributed by atoms with Crippen LogP contribution < -0.4 is 5.32 Å². The zero-order valence-electron chi connectivity index (χ0n) is 10.8. The summed E-state index contributed by atoms with van der Waals surface area (Å²) < 4.78 is 35.9. The molecule has 0 saturated heterocycles. The number of carbonyl (C=O) groups is 1. The Morgan fingerprint density at radius 3 is 2.52 bits per heavy atom. The molecule has 8 heteroatoms. The minimum absolute atomic E-state index is 0.148. The molecule has 0 spiro atoms. The molecule has 0 aliphatic carbocycles. The van der Waals surface area contributed by atoms with Gasteiger partial charge in [0, 0.05) is 22.6 Å². The van der Waals surface area contributed by atoms with Crippen molar-refractivity contribution >= 4 is 31.3 Å². The second-order valence-corrected chi connectivity index (χ2v) is 6.79. The van der Waals surface area contributed by atoms with Crippen molar-refractivity contribution in [2.24, 2.45) is 0 Å². The maximum atomic E-state index is 13.8. The van der Waals surface area contributed by atoms with Gasteiger partial charge < -0.3 is 5.32 Å². The number of amides is 1. The van der Waals surface area contributed by atoms with Crippen LogP contribution in [0.4, 0.5) is 10.1 Å². The molecule has 1 N–H and O–H groups in total. The van der Waals surface area contributed by atoms with E-state index in [1.54, 1.807) is 19.1 Å². The fraction of sp³-hybridized carbons (Fsp3) is 0.0769. The summed E-state index contributed by atoms with van der Waals surface area (Å²) in [7, 11) is 1.09. The van der Waals surface area contributed by atoms with Crippen LogP contribution in [0, 0.1) is 12.7 Å². The fourth-order valence-electron chi connectivity index (χ4n) is 1.55. The Morgan fingerprint density at radius 2 is 2.00 bits per heavy atom. The van der Waals surface area contributed by atoms with Gasteiger partial charge in [-0.3, -0.25) is 9.78 Å². The van der Waals surface area contributed by atoms with Crippen LogP contribution in [0.2, 0.25) is 0 Å². The van der Waals surface area contributed by atoms with Gasteiger partial charge in [0.05, 0.1) is 16.1 Å². The smallest absolute Gasteiger partial charge is 0.261 e. The van der Waals surface area contributed by atoms with Crippen LogP contribution in [0.1, 0.15) is 16.1 Å². The topological polar surface area (TPSA) is 76.1 Å². The molecule has 0 saturated carbocycles. The zero-order chi connectivity index (χ0) is 15.6. The average Bonchev–Trinajstić information content (AvgIpc) is 2.40. The first-order valence-electron chi connectivity index (χ1n) is 5.75. The quantitative estimate of drug-likeness (QED) is 0.879. The molecule has 0 bridgehead atoms. The van der Waals surface area contributed by atoms with Gasteiger partial charge in [0.15, 0.2) is 0 Å². The molecule has 0 fully saturated rings. The first-order chi connectivity index (χ1) is 9.77. The highest BCUT2D eigenvalue weighted by molar-refractivity contribution is 8.13. The van der Waals surface area contributed by atoms with E-state index in [4.69, 9.17) is 10.7 Å². The average molecular weight is 329 g/mol. The maximum Gasteiger partial charge on any atom is 0.261 e. The first-order valence-corrected chi connectivity index (χ1v) is 8.06. The lowest BCUT2D eigenvalue weighted by Gasteiger charge is -2.07. The molecule has 1 aromatic carbocycles. The molecular formula is C13H10ClFN2O3S.